The Bertz CT molecular complexity index is 428. The quantitative estimate of drug-likeness (QED) is 0.700. The lowest BCUT2D eigenvalue weighted by Gasteiger charge is -2.23. The number of morpholine rings is 1. The molecular formula is C13H18N2O3. The third-order valence-electron chi connectivity index (χ3n) is 2.84. The number of carbonyl (C=O) groups is 1. The molecule has 1 amide bonds. The molecular weight excluding hydrogens is 232 g/mol. The number of aryl methyl sites for hydroxylation is 1. The van der Waals surface area contributed by atoms with Gasteiger partial charge in [0.15, 0.2) is 0 Å². The normalized spacial score (nSPS) is 19.5. The Morgan fingerprint density at radius 3 is 3.17 bits per heavy atom. The van der Waals surface area contributed by atoms with Gasteiger partial charge in [0, 0.05) is 13.1 Å². The van der Waals surface area contributed by atoms with Gasteiger partial charge in [-0.3, -0.25) is 4.79 Å². The minimum atomic E-state index is -0.149. The van der Waals surface area contributed by atoms with Crippen LogP contribution in [0.2, 0.25) is 0 Å². The van der Waals surface area contributed by atoms with Gasteiger partial charge in [0.05, 0.1) is 24.8 Å². The standard InChI is InChI=1S/C13H18N2O3/c1-9-2-3-12(16)11(6-9)15-13(17)7-10-8-14-4-5-18-10/h2-3,6,10,14,16H,4-5,7-8H2,1H3,(H,15,17). The highest BCUT2D eigenvalue weighted by atomic mass is 16.5. The predicted octanol–water partition coefficient (Wildman–Crippen LogP) is 1.02. The van der Waals surface area contributed by atoms with Crippen LogP contribution in [0.4, 0.5) is 5.69 Å². The van der Waals surface area contributed by atoms with Gasteiger partial charge < -0.3 is 20.5 Å². The first kappa shape index (κ1) is 12.9. The molecule has 0 saturated carbocycles. The topological polar surface area (TPSA) is 70.6 Å². The van der Waals surface area contributed by atoms with Crippen molar-refractivity contribution in [3.8, 4) is 5.75 Å². The zero-order valence-electron chi connectivity index (χ0n) is 10.4. The Hall–Kier alpha value is -1.59. The summed E-state index contributed by atoms with van der Waals surface area (Å²) in [7, 11) is 0. The fraction of sp³-hybridized carbons (Fsp3) is 0.462. The van der Waals surface area contributed by atoms with Crippen molar-refractivity contribution in [2.75, 3.05) is 25.0 Å². The number of anilines is 1. The van der Waals surface area contributed by atoms with Gasteiger partial charge in [-0.25, -0.2) is 0 Å². The number of phenols is 1. The van der Waals surface area contributed by atoms with Crippen molar-refractivity contribution < 1.29 is 14.6 Å². The van der Waals surface area contributed by atoms with Crippen LogP contribution < -0.4 is 10.6 Å². The summed E-state index contributed by atoms with van der Waals surface area (Å²) in [6.45, 7) is 4.06. The summed E-state index contributed by atoms with van der Waals surface area (Å²) in [5, 5.41) is 15.5. The molecule has 18 heavy (non-hydrogen) atoms. The predicted molar refractivity (Wildman–Crippen MR) is 68.7 cm³/mol. The lowest BCUT2D eigenvalue weighted by atomic mass is 10.2. The second-order valence-electron chi connectivity index (χ2n) is 4.47. The molecule has 5 heteroatoms. The molecule has 1 aliphatic heterocycles. The van der Waals surface area contributed by atoms with Gasteiger partial charge in [-0.15, -0.1) is 0 Å². The third kappa shape index (κ3) is 3.45. The van der Waals surface area contributed by atoms with Gasteiger partial charge in [0.25, 0.3) is 0 Å². The molecule has 0 aromatic heterocycles. The summed E-state index contributed by atoms with van der Waals surface area (Å²) in [6.07, 6.45) is 0.200. The number of aromatic hydroxyl groups is 1. The first-order valence-corrected chi connectivity index (χ1v) is 6.07. The molecule has 1 aromatic rings. The van der Waals surface area contributed by atoms with E-state index in [1.165, 1.54) is 0 Å². The van der Waals surface area contributed by atoms with Crippen molar-refractivity contribution in [2.45, 2.75) is 19.4 Å². The summed E-state index contributed by atoms with van der Waals surface area (Å²) in [5.74, 6) is -0.0683. The second-order valence-corrected chi connectivity index (χ2v) is 4.47. The molecule has 0 radical (unpaired) electrons. The van der Waals surface area contributed by atoms with Gasteiger partial charge in [0.1, 0.15) is 5.75 Å². The van der Waals surface area contributed by atoms with E-state index in [1.807, 2.05) is 6.92 Å². The molecule has 1 aliphatic rings. The van der Waals surface area contributed by atoms with E-state index >= 15 is 0 Å². The number of phenolic OH excluding ortho intramolecular Hbond substituents is 1. The SMILES string of the molecule is Cc1ccc(O)c(NC(=O)CC2CNCCO2)c1. The van der Waals surface area contributed by atoms with E-state index in [2.05, 4.69) is 10.6 Å². The Labute approximate surface area is 106 Å². The highest BCUT2D eigenvalue weighted by Gasteiger charge is 2.17. The molecule has 1 atom stereocenters. The number of ether oxygens (including phenoxy) is 1. The Kier molecular flexibility index (Phi) is 4.17. The zero-order valence-corrected chi connectivity index (χ0v) is 10.4. The van der Waals surface area contributed by atoms with E-state index < -0.39 is 0 Å². The molecule has 5 nitrogen and oxygen atoms in total. The smallest absolute Gasteiger partial charge is 0.227 e. The third-order valence-corrected chi connectivity index (χ3v) is 2.84. The summed E-state index contributed by atoms with van der Waals surface area (Å²) in [6, 6.07) is 5.11. The maximum absolute atomic E-state index is 11.8. The van der Waals surface area contributed by atoms with Crippen LogP contribution in [0.15, 0.2) is 18.2 Å². The van der Waals surface area contributed by atoms with Gasteiger partial charge >= 0.3 is 0 Å². The fourth-order valence-corrected chi connectivity index (χ4v) is 1.91. The van der Waals surface area contributed by atoms with E-state index in [-0.39, 0.29) is 17.8 Å². The number of amides is 1. The van der Waals surface area contributed by atoms with Gasteiger partial charge in [-0.05, 0) is 24.6 Å². The van der Waals surface area contributed by atoms with Crippen LogP contribution in [-0.4, -0.2) is 36.8 Å². The molecule has 0 bridgehead atoms. The lowest BCUT2D eigenvalue weighted by Crippen LogP contribution is -2.40. The monoisotopic (exact) mass is 250 g/mol. The Morgan fingerprint density at radius 2 is 2.44 bits per heavy atom. The molecule has 2 rings (SSSR count). The molecule has 1 aromatic carbocycles. The van der Waals surface area contributed by atoms with Crippen LogP contribution in [0.25, 0.3) is 0 Å². The second kappa shape index (κ2) is 5.84. The summed E-state index contributed by atoms with van der Waals surface area (Å²) in [4.78, 5) is 11.8. The molecule has 1 fully saturated rings. The van der Waals surface area contributed by atoms with E-state index in [9.17, 15) is 9.90 Å². The molecule has 0 aliphatic carbocycles. The van der Waals surface area contributed by atoms with Crippen LogP contribution >= 0.6 is 0 Å². The zero-order chi connectivity index (χ0) is 13.0. The van der Waals surface area contributed by atoms with Gasteiger partial charge in [-0.2, -0.15) is 0 Å². The molecule has 1 heterocycles. The van der Waals surface area contributed by atoms with Crippen molar-refractivity contribution in [1.29, 1.82) is 0 Å². The Morgan fingerprint density at radius 1 is 1.61 bits per heavy atom. The summed E-state index contributed by atoms with van der Waals surface area (Å²) < 4.78 is 5.45. The van der Waals surface area contributed by atoms with Crippen LogP contribution in [0.5, 0.6) is 5.75 Å². The maximum Gasteiger partial charge on any atom is 0.227 e. The van der Waals surface area contributed by atoms with Gasteiger partial charge in [-0.1, -0.05) is 6.07 Å². The highest BCUT2D eigenvalue weighted by Crippen LogP contribution is 2.24. The lowest BCUT2D eigenvalue weighted by molar-refractivity contribution is -0.119. The van der Waals surface area contributed by atoms with Crippen LogP contribution in [0, 0.1) is 6.92 Å². The Balaban J connectivity index is 1.92. The molecule has 1 unspecified atom stereocenters. The maximum atomic E-state index is 11.8. The summed E-state index contributed by atoms with van der Waals surface area (Å²) >= 11 is 0. The largest absolute Gasteiger partial charge is 0.506 e. The van der Waals surface area contributed by atoms with Crippen LogP contribution in [0.3, 0.4) is 0 Å². The number of benzene rings is 1. The first-order chi connectivity index (χ1) is 8.65. The molecule has 1 saturated heterocycles. The van der Waals surface area contributed by atoms with Crippen molar-refractivity contribution in [3.05, 3.63) is 23.8 Å². The van der Waals surface area contributed by atoms with Crippen molar-refractivity contribution in [3.63, 3.8) is 0 Å². The van der Waals surface area contributed by atoms with E-state index in [0.717, 1.165) is 12.1 Å². The first-order valence-electron chi connectivity index (χ1n) is 6.07. The van der Waals surface area contributed by atoms with E-state index in [0.29, 0.717) is 25.3 Å². The minimum Gasteiger partial charge on any atom is -0.506 e. The van der Waals surface area contributed by atoms with Gasteiger partial charge in [0.2, 0.25) is 5.91 Å². The van der Waals surface area contributed by atoms with E-state index in [4.69, 9.17) is 4.74 Å². The number of rotatable bonds is 3. The number of hydrogen-bond donors (Lipinski definition) is 3. The highest BCUT2D eigenvalue weighted by molar-refractivity contribution is 5.92. The fourth-order valence-electron chi connectivity index (χ4n) is 1.91. The average molecular weight is 250 g/mol. The molecule has 3 N–H and O–H groups in total. The number of carbonyl (C=O) groups excluding carboxylic acids is 1. The van der Waals surface area contributed by atoms with Crippen molar-refractivity contribution in [2.24, 2.45) is 0 Å². The minimum absolute atomic E-state index is 0.0802. The number of nitrogens with one attached hydrogen (secondary N) is 2. The van der Waals surface area contributed by atoms with Crippen LogP contribution in [-0.2, 0) is 9.53 Å². The average Bonchev–Trinajstić information content (AvgIpc) is 2.35. The molecule has 0 spiro atoms. The number of hydrogen-bond acceptors (Lipinski definition) is 4. The van der Waals surface area contributed by atoms with E-state index in [1.54, 1.807) is 18.2 Å². The van der Waals surface area contributed by atoms with Crippen molar-refractivity contribution >= 4 is 11.6 Å². The van der Waals surface area contributed by atoms with Crippen molar-refractivity contribution in [1.82, 2.24) is 5.32 Å². The molecule has 98 valence electrons. The summed E-state index contributed by atoms with van der Waals surface area (Å²) in [5.41, 5.74) is 1.43. The van der Waals surface area contributed by atoms with Crippen LogP contribution in [0.1, 0.15) is 12.0 Å².